The summed E-state index contributed by atoms with van der Waals surface area (Å²) in [7, 11) is 1.58. The van der Waals surface area contributed by atoms with E-state index in [4.69, 9.17) is 4.74 Å². The predicted molar refractivity (Wildman–Crippen MR) is 73.5 cm³/mol. The fraction of sp³-hybridized carbons (Fsp3) is 0.462. The number of aromatic nitrogens is 4. The largest absolute Gasteiger partial charge is 0.478 e. The van der Waals surface area contributed by atoms with Gasteiger partial charge in [-0.05, 0) is 26.3 Å². The van der Waals surface area contributed by atoms with Gasteiger partial charge in [-0.1, -0.05) is 0 Å². The zero-order valence-corrected chi connectivity index (χ0v) is 11.8. The van der Waals surface area contributed by atoms with Crippen molar-refractivity contribution in [2.75, 3.05) is 19.0 Å². The smallest absolute Gasteiger partial charge is 0.257 e. The van der Waals surface area contributed by atoms with Crippen molar-refractivity contribution < 1.29 is 4.74 Å². The van der Waals surface area contributed by atoms with Crippen molar-refractivity contribution in [3.8, 4) is 5.88 Å². The van der Waals surface area contributed by atoms with Crippen molar-refractivity contribution in [2.24, 2.45) is 0 Å². The van der Waals surface area contributed by atoms with E-state index in [1.54, 1.807) is 19.5 Å². The number of rotatable bonds is 5. The highest BCUT2D eigenvalue weighted by molar-refractivity contribution is 5.44. The summed E-state index contributed by atoms with van der Waals surface area (Å²) < 4.78 is 7.14. The molecule has 1 N–H and O–H groups in total. The highest BCUT2D eigenvalue weighted by atomic mass is 16.5. The first-order chi connectivity index (χ1) is 9.13. The Morgan fingerprint density at radius 3 is 2.58 bits per heavy atom. The van der Waals surface area contributed by atoms with E-state index in [1.807, 2.05) is 11.6 Å². The summed E-state index contributed by atoms with van der Waals surface area (Å²) in [4.78, 5) is 8.29. The maximum atomic E-state index is 5.14. The first kappa shape index (κ1) is 13.3. The highest BCUT2D eigenvalue weighted by Crippen LogP contribution is 2.16. The molecule has 2 aromatic heterocycles. The molecule has 19 heavy (non-hydrogen) atoms. The maximum Gasteiger partial charge on any atom is 0.257 e. The van der Waals surface area contributed by atoms with E-state index in [0.717, 1.165) is 18.8 Å². The molecule has 6 nitrogen and oxygen atoms in total. The number of methoxy groups -OCH3 is 1. The first-order valence-corrected chi connectivity index (χ1v) is 6.23. The predicted octanol–water partition coefficient (Wildman–Crippen LogP) is 1.72. The van der Waals surface area contributed by atoms with Crippen LogP contribution < -0.4 is 10.1 Å². The molecule has 0 amide bonds. The average Bonchev–Trinajstić information content (AvgIpc) is 2.67. The van der Waals surface area contributed by atoms with E-state index in [9.17, 15) is 0 Å². The second kappa shape index (κ2) is 5.69. The molecule has 0 unspecified atom stereocenters. The topological polar surface area (TPSA) is 64.9 Å². The second-order valence-electron chi connectivity index (χ2n) is 4.36. The number of hydrogen-bond donors (Lipinski definition) is 1. The molecule has 102 valence electrons. The monoisotopic (exact) mass is 261 g/mol. The van der Waals surface area contributed by atoms with E-state index in [2.05, 4.69) is 34.2 Å². The third-order valence-electron chi connectivity index (χ3n) is 3.22. The summed E-state index contributed by atoms with van der Waals surface area (Å²) in [6.07, 6.45) is 3.24. The van der Waals surface area contributed by atoms with Gasteiger partial charge in [0.25, 0.3) is 5.88 Å². The number of ether oxygens (including phenoxy) is 1. The molecule has 2 rings (SSSR count). The van der Waals surface area contributed by atoms with Crippen molar-refractivity contribution in [1.82, 2.24) is 19.7 Å². The highest BCUT2D eigenvalue weighted by Gasteiger charge is 2.08. The zero-order chi connectivity index (χ0) is 13.8. The molecule has 0 aromatic carbocycles. The number of nitrogens with one attached hydrogen (secondary N) is 1. The van der Waals surface area contributed by atoms with Crippen LogP contribution in [0.15, 0.2) is 12.4 Å². The van der Waals surface area contributed by atoms with E-state index in [0.29, 0.717) is 11.7 Å². The zero-order valence-electron chi connectivity index (χ0n) is 11.8. The summed E-state index contributed by atoms with van der Waals surface area (Å²) >= 11 is 0. The third kappa shape index (κ3) is 2.83. The standard InChI is InChI=1S/C13H19N5O/c1-9-10(2)17-18(11(9)3)8-7-15-12-13(19-4)16-6-5-14-12/h5-6H,7-8H2,1-4H3,(H,14,15). The molecule has 6 heteroatoms. The Kier molecular flexibility index (Phi) is 3.99. The number of hydrogen-bond acceptors (Lipinski definition) is 5. The average molecular weight is 261 g/mol. The molecule has 0 aliphatic rings. The van der Waals surface area contributed by atoms with E-state index in [-0.39, 0.29) is 0 Å². The molecule has 0 saturated carbocycles. The quantitative estimate of drug-likeness (QED) is 0.887. The van der Waals surface area contributed by atoms with Gasteiger partial charge in [-0.2, -0.15) is 5.10 Å². The lowest BCUT2D eigenvalue weighted by atomic mass is 10.2. The van der Waals surface area contributed by atoms with Crippen LogP contribution in [0.2, 0.25) is 0 Å². The Morgan fingerprint density at radius 2 is 1.95 bits per heavy atom. The van der Waals surface area contributed by atoms with Crippen LogP contribution in [-0.4, -0.2) is 33.4 Å². The van der Waals surface area contributed by atoms with Gasteiger partial charge in [-0.25, -0.2) is 9.97 Å². The van der Waals surface area contributed by atoms with Crippen LogP contribution in [0.5, 0.6) is 5.88 Å². The van der Waals surface area contributed by atoms with Crippen LogP contribution in [0.25, 0.3) is 0 Å². The molecule has 0 fully saturated rings. The SMILES string of the molecule is COc1nccnc1NCCn1nc(C)c(C)c1C. The number of anilines is 1. The molecule has 0 aliphatic carbocycles. The minimum atomic E-state index is 0.507. The van der Waals surface area contributed by atoms with Gasteiger partial charge >= 0.3 is 0 Å². The summed E-state index contributed by atoms with van der Waals surface area (Å²) in [5.41, 5.74) is 3.53. The summed E-state index contributed by atoms with van der Waals surface area (Å²) in [5, 5.41) is 7.70. The fourth-order valence-electron chi connectivity index (χ4n) is 1.88. The summed E-state index contributed by atoms with van der Waals surface area (Å²) in [6.45, 7) is 7.69. The molecule has 0 aliphatic heterocycles. The molecule has 0 radical (unpaired) electrons. The van der Waals surface area contributed by atoms with Crippen LogP contribution in [-0.2, 0) is 6.54 Å². The van der Waals surface area contributed by atoms with Gasteiger partial charge in [-0.15, -0.1) is 0 Å². The number of aryl methyl sites for hydroxylation is 1. The van der Waals surface area contributed by atoms with Crippen molar-refractivity contribution in [3.63, 3.8) is 0 Å². The third-order valence-corrected chi connectivity index (χ3v) is 3.22. The number of nitrogens with zero attached hydrogens (tertiary/aromatic N) is 4. The van der Waals surface area contributed by atoms with Crippen molar-refractivity contribution in [3.05, 3.63) is 29.3 Å². The van der Waals surface area contributed by atoms with Crippen LogP contribution >= 0.6 is 0 Å². The van der Waals surface area contributed by atoms with Crippen LogP contribution in [0.4, 0.5) is 5.82 Å². The first-order valence-electron chi connectivity index (χ1n) is 6.23. The van der Waals surface area contributed by atoms with Gasteiger partial charge in [0, 0.05) is 24.6 Å². The molecule has 0 spiro atoms. The van der Waals surface area contributed by atoms with Crippen LogP contribution in [0.1, 0.15) is 17.0 Å². The van der Waals surface area contributed by atoms with E-state index < -0.39 is 0 Å². The molecule has 0 saturated heterocycles. The van der Waals surface area contributed by atoms with Crippen molar-refractivity contribution in [1.29, 1.82) is 0 Å². The van der Waals surface area contributed by atoms with Gasteiger partial charge in [-0.3, -0.25) is 4.68 Å². The summed E-state index contributed by atoms with van der Waals surface area (Å²) in [6, 6.07) is 0. The Morgan fingerprint density at radius 1 is 1.21 bits per heavy atom. The van der Waals surface area contributed by atoms with Gasteiger partial charge in [0.1, 0.15) is 0 Å². The molecule has 2 aromatic rings. The minimum absolute atomic E-state index is 0.507. The van der Waals surface area contributed by atoms with E-state index >= 15 is 0 Å². The Bertz CT molecular complexity index is 564. The Hall–Kier alpha value is -2.11. The van der Waals surface area contributed by atoms with Gasteiger partial charge in [0.2, 0.25) is 0 Å². The molecule has 2 heterocycles. The minimum Gasteiger partial charge on any atom is -0.478 e. The molecule has 0 bridgehead atoms. The Labute approximate surface area is 112 Å². The van der Waals surface area contributed by atoms with Gasteiger partial charge in [0.05, 0.1) is 19.3 Å². The van der Waals surface area contributed by atoms with Crippen molar-refractivity contribution in [2.45, 2.75) is 27.3 Å². The van der Waals surface area contributed by atoms with Gasteiger partial charge in [0.15, 0.2) is 5.82 Å². The van der Waals surface area contributed by atoms with Crippen molar-refractivity contribution >= 4 is 5.82 Å². The van der Waals surface area contributed by atoms with E-state index in [1.165, 1.54) is 11.3 Å². The van der Waals surface area contributed by atoms with Gasteiger partial charge < -0.3 is 10.1 Å². The van der Waals surface area contributed by atoms with Crippen LogP contribution in [0, 0.1) is 20.8 Å². The normalized spacial score (nSPS) is 10.5. The second-order valence-corrected chi connectivity index (χ2v) is 4.36. The molecular formula is C13H19N5O. The maximum absolute atomic E-state index is 5.14. The molecular weight excluding hydrogens is 242 g/mol. The lowest BCUT2D eigenvalue weighted by Gasteiger charge is -2.09. The molecule has 0 atom stereocenters. The summed E-state index contributed by atoms with van der Waals surface area (Å²) in [5.74, 6) is 1.16. The fourth-order valence-corrected chi connectivity index (χ4v) is 1.88. The lowest BCUT2D eigenvalue weighted by Crippen LogP contribution is -2.14. The Balaban J connectivity index is 1.98. The lowest BCUT2D eigenvalue weighted by molar-refractivity contribution is 0.397. The van der Waals surface area contributed by atoms with Crippen LogP contribution in [0.3, 0.4) is 0 Å².